The van der Waals surface area contributed by atoms with Crippen LogP contribution in [0.3, 0.4) is 0 Å². The summed E-state index contributed by atoms with van der Waals surface area (Å²) in [6, 6.07) is 22.2. The van der Waals surface area contributed by atoms with Crippen LogP contribution in [-0.4, -0.2) is 13.0 Å². The first-order valence-electron chi connectivity index (χ1n) is 7.90. The highest BCUT2D eigenvalue weighted by atomic mass is 19.2. The van der Waals surface area contributed by atoms with Gasteiger partial charge in [0.05, 0.1) is 5.92 Å². The lowest BCUT2D eigenvalue weighted by Crippen LogP contribution is -2.32. The number of likely N-dealkylation sites (N-methyl/N-ethyl adjacent to an activating group) is 1. The van der Waals surface area contributed by atoms with Crippen molar-refractivity contribution in [2.24, 2.45) is 0 Å². The van der Waals surface area contributed by atoms with Gasteiger partial charge in [0, 0.05) is 18.8 Å². The third-order valence-electron chi connectivity index (χ3n) is 4.13. The van der Waals surface area contributed by atoms with Gasteiger partial charge in [0.2, 0.25) is 5.91 Å². The van der Waals surface area contributed by atoms with Gasteiger partial charge in [-0.1, -0.05) is 60.7 Å². The van der Waals surface area contributed by atoms with Crippen molar-refractivity contribution in [1.29, 1.82) is 0 Å². The molecule has 0 aliphatic heterocycles. The fourth-order valence-corrected chi connectivity index (χ4v) is 2.78. The molecule has 0 N–H and O–H groups in total. The average Bonchev–Trinajstić information content (AvgIpc) is 2.65. The Morgan fingerprint density at radius 3 is 1.80 bits per heavy atom. The van der Waals surface area contributed by atoms with Crippen LogP contribution in [0, 0.1) is 11.6 Å². The highest BCUT2D eigenvalue weighted by Crippen LogP contribution is 2.29. The molecule has 2 nitrogen and oxygen atoms in total. The van der Waals surface area contributed by atoms with E-state index in [9.17, 15) is 13.6 Å². The Morgan fingerprint density at radius 1 is 0.800 bits per heavy atom. The molecule has 0 aliphatic rings. The van der Waals surface area contributed by atoms with Crippen LogP contribution in [0.5, 0.6) is 0 Å². The number of anilines is 1. The van der Waals surface area contributed by atoms with E-state index < -0.39 is 17.6 Å². The standard InChI is InChI=1S/C21H17F2NO/c1-24(17-12-13-18(22)19(23)14-17)21(25)20(15-8-4-2-5-9-15)16-10-6-3-7-11-16/h2-14,20H,1H3. The van der Waals surface area contributed by atoms with Crippen LogP contribution >= 0.6 is 0 Å². The Hall–Kier alpha value is -3.01. The first kappa shape index (κ1) is 16.8. The molecule has 3 rings (SSSR count). The van der Waals surface area contributed by atoms with Crippen LogP contribution in [0.1, 0.15) is 17.0 Å². The summed E-state index contributed by atoms with van der Waals surface area (Å²) in [6.45, 7) is 0. The zero-order chi connectivity index (χ0) is 17.8. The molecule has 4 heteroatoms. The Balaban J connectivity index is 2.01. The maximum Gasteiger partial charge on any atom is 0.238 e. The Kier molecular flexibility index (Phi) is 4.89. The second kappa shape index (κ2) is 7.26. The molecule has 0 atom stereocenters. The lowest BCUT2D eigenvalue weighted by atomic mass is 9.90. The minimum Gasteiger partial charge on any atom is -0.315 e. The van der Waals surface area contributed by atoms with Crippen LogP contribution in [0.2, 0.25) is 0 Å². The number of hydrogen-bond donors (Lipinski definition) is 0. The van der Waals surface area contributed by atoms with Crippen LogP contribution < -0.4 is 4.90 Å². The van der Waals surface area contributed by atoms with Gasteiger partial charge in [0.25, 0.3) is 0 Å². The molecule has 0 saturated carbocycles. The van der Waals surface area contributed by atoms with Crippen molar-refractivity contribution in [2.45, 2.75) is 5.92 Å². The maximum atomic E-state index is 13.5. The molecule has 0 spiro atoms. The highest BCUT2D eigenvalue weighted by Gasteiger charge is 2.26. The number of amides is 1. The fourth-order valence-electron chi connectivity index (χ4n) is 2.78. The second-order valence-corrected chi connectivity index (χ2v) is 5.75. The SMILES string of the molecule is CN(C(=O)C(c1ccccc1)c1ccccc1)c1ccc(F)c(F)c1. The predicted octanol–water partition coefficient (Wildman–Crippen LogP) is 4.76. The van der Waals surface area contributed by atoms with Crippen molar-refractivity contribution >= 4 is 11.6 Å². The lowest BCUT2D eigenvalue weighted by Gasteiger charge is -2.25. The first-order chi connectivity index (χ1) is 12.1. The maximum absolute atomic E-state index is 13.5. The van der Waals surface area contributed by atoms with Gasteiger partial charge in [-0.3, -0.25) is 4.79 Å². The molecule has 3 aromatic rings. The summed E-state index contributed by atoms with van der Waals surface area (Å²) < 4.78 is 26.7. The highest BCUT2D eigenvalue weighted by molar-refractivity contribution is 5.99. The van der Waals surface area contributed by atoms with Crippen molar-refractivity contribution < 1.29 is 13.6 Å². The molecular formula is C21H17F2NO. The number of nitrogens with zero attached hydrogens (tertiary/aromatic N) is 1. The first-order valence-corrected chi connectivity index (χ1v) is 7.90. The molecule has 126 valence electrons. The van der Waals surface area contributed by atoms with E-state index >= 15 is 0 Å². The van der Waals surface area contributed by atoms with E-state index in [1.165, 1.54) is 11.0 Å². The van der Waals surface area contributed by atoms with Gasteiger partial charge in [-0.25, -0.2) is 8.78 Å². The number of halogens is 2. The summed E-state index contributed by atoms with van der Waals surface area (Å²) in [5.41, 5.74) is 1.99. The lowest BCUT2D eigenvalue weighted by molar-refractivity contribution is -0.118. The van der Waals surface area contributed by atoms with Crippen molar-refractivity contribution in [3.63, 3.8) is 0 Å². The molecule has 0 aromatic heterocycles. The quantitative estimate of drug-likeness (QED) is 0.672. The summed E-state index contributed by atoms with van der Waals surface area (Å²) in [6.07, 6.45) is 0. The third-order valence-corrected chi connectivity index (χ3v) is 4.13. The Morgan fingerprint density at radius 2 is 1.32 bits per heavy atom. The second-order valence-electron chi connectivity index (χ2n) is 5.75. The fraction of sp³-hybridized carbons (Fsp3) is 0.0952. The van der Waals surface area contributed by atoms with Gasteiger partial charge in [-0.2, -0.15) is 0 Å². The van der Waals surface area contributed by atoms with E-state index in [1.54, 1.807) is 7.05 Å². The van der Waals surface area contributed by atoms with Crippen molar-refractivity contribution in [1.82, 2.24) is 0 Å². The zero-order valence-electron chi connectivity index (χ0n) is 13.7. The van der Waals surface area contributed by atoms with Gasteiger partial charge in [0.15, 0.2) is 11.6 Å². The molecule has 0 bridgehead atoms. The summed E-state index contributed by atoms with van der Waals surface area (Å²) in [7, 11) is 1.56. The smallest absolute Gasteiger partial charge is 0.238 e. The van der Waals surface area contributed by atoms with Crippen molar-refractivity contribution in [3.8, 4) is 0 Å². The minimum atomic E-state index is -0.979. The monoisotopic (exact) mass is 337 g/mol. The molecule has 0 aliphatic carbocycles. The molecule has 1 amide bonds. The summed E-state index contributed by atoms with van der Waals surface area (Å²) in [5.74, 6) is -2.66. The van der Waals surface area contributed by atoms with E-state index in [-0.39, 0.29) is 5.91 Å². The summed E-state index contributed by atoms with van der Waals surface area (Å²) in [4.78, 5) is 14.5. The van der Waals surface area contributed by atoms with Gasteiger partial charge < -0.3 is 4.90 Å². The van der Waals surface area contributed by atoms with Gasteiger partial charge in [0.1, 0.15) is 0 Å². The number of carbonyl (C=O) groups excluding carboxylic acids is 1. The normalized spacial score (nSPS) is 10.7. The average molecular weight is 337 g/mol. The number of carbonyl (C=O) groups is 1. The zero-order valence-corrected chi connectivity index (χ0v) is 13.7. The predicted molar refractivity (Wildman–Crippen MR) is 94.5 cm³/mol. The van der Waals surface area contributed by atoms with E-state index in [1.807, 2.05) is 60.7 Å². The molecule has 25 heavy (non-hydrogen) atoms. The molecular weight excluding hydrogens is 320 g/mol. The number of benzene rings is 3. The Bertz CT molecular complexity index is 826. The van der Waals surface area contributed by atoms with E-state index in [0.717, 1.165) is 23.3 Å². The van der Waals surface area contributed by atoms with Crippen LogP contribution in [-0.2, 0) is 4.79 Å². The number of hydrogen-bond acceptors (Lipinski definition) is 1. The summed E-state index contributed by atoms with van der Waals surface area (Å²) in [5, 5.41) is 0. The van der Waals surface area contributed by atoms with Gasteiger partial charge >= 0.3 is 0 Å². The van der Waals surface area contributed by atoms with Gasteiger partial charge in [-0.15, -0.1) is 0 Å². The van der Waals surface area contributed by atoms with E-state index in [2.05, 4.69) is 0 Å². The molecule has 0 unspecified atom stereocenters. The van der Waals surface area contributed by atoms with Crippen LogP contribution in [0.25, 0.3) is 0 Å². The van der Waals surface area contributed by atoms with Crippen LogP contribution in [0.4, 0.5) is 14.5 Å². The third kappa shape index (κ3) is 3.58. The number of rotatable bonds is 4. The largest absolute Gasteiger partial charge is 0.315 e. The molecule has 0 radical (unpaired) electrons. The molecule has 0 saturated heterocycles. The molecule has 0 heterocycles. The molecule has 3 aromatic carbocycles. The van der Waals surface area contributed by atoms with Crippen molar-refractivity contribution in [2.75, 3.05) is 11.9 Å². The van der Waals surface area contributed by atoms with Gasteiger partial charge in [-0.05, 0) is 23.3 Å². The molecule has 0 fully saturated rings. The van der Waals surface area contributed by atoms with Crippen molar-refractivity contribution in [3.05, 3.63) is 102 Å². The van der Waals surface area contributed by atoms with Crippen LogP contribution in [0.15, 0.2) is 78.9 Å². The summed E-state index contributed by atoms with van der Waals surface area (Å²) >= 11 is 0. The topological polar surface area (TPSA) is 20.3 Å². The Labute approximate surface area is 145 Å². The van der Waals surface area contributed by atoms with E-state index in [4.69, 9.17) is 0 Å². The minimum absolute atomic E-state index is 0.219. The van der Waals surface area contributed by atoms with E-state index in [0.29, 0.717) is 5.69 Å².